The van der Waals surface area contributed by atoms with Crippen molar-refractivity contribution in [2.24, 2.45) is 23.7 Å². The molecule has 2 nitrogen and oxygen atoms in total. The van der Waals surface area contributed by atoms with E-state index in [0.717, 1.165) is 24.7 Å². The number of hydrogen-bond acceptors (Lipinski definition) is 2. The minimum atomic E-state index is -1.20. The van der Waals surface area contributed by atoms with E-state index in [2.05, 4.69) is 80.4 Å². The molecule has 0 saturated heterocycles. The van der Waals surface area contributed by atoms with Crippen LogP contribution in [0.3, 0.4) is 0 Å². The van der Waals surface area contributed by atoms with Crippen molar-refractivity contribution in [1.82, 2.24) is 0 Å². The third-order valence-electron chi connectivity index (χ3n) is 7.81. The highest BCUT2D eigenvalue weighted by Crippen LogP contribution is 2.67. The van der Waals surface area contributed by atoms with Gasteiger partial charge in [0, 0.05) is 3.42 Å². The fraction of sp³-hybridized carbons (Fsp3) is 0.952. The van der Waals surface area contributed by atoms with Crippen LogP contribution in [0.5, 0.6) is 0 Å². The van der Waals surface area contributed by atoms with Gasteiger partial charge in [-0.15, -0.1) is 12.6 Å². The van der Waals surface area contributed by atoms with Crippen molar-refractivity contribution >= 4 is 85.5 Å². The lowest BCUT2D eigenvalue weighted by Crippen LogP contribution is -2.61. The number of carbonyl (C=O) groups excluding carboxylic acids is 1. The highest BCUT2D eigenvalue weighted by atomic mass is 127. The minimum absolute atomic E-state index is 0.279. The second kappa shape index (κ2) is 10.2. The molecule has 4 fully saturated rings. The number of carbonyl (C=O) groups is 1. The van der Waals surface area contributed by atoms with E-state index in [-0.39, 0.29) is 8.54 Å². The van der Waals surface area contributed by atoms with Gasteiger partial charge in [-0.2, -0.15) is 0 Å². The summed E-state index contributed by atoms with van der Waals surface area (Å²) in [5.41, 5.74) is -1.20. The molecular formula is C21H35I3O2S. The maximum atomic E-state index is 12.1. The number of fused-ring (bicyclic) bond motifs is 5. The Labute approximate surface area is 212 Å². The Bertz CT molecular complexity index is 534. The van der Waals surface area contributed by atoms with Crippen molar-refractivity contribution in [1.29, 1.82) is 0 Å². The molecule has 4 saturated carbocycles. The summed E-state index contributed by atoms with van der Waals surface area (Å²) in [5, 5.41) is 10.8. The number of halogens is 3. The smallest absolute Gasteiger partial charge is 0.218 e. The van der Waals surface area contributed by atoms with Gasteiger partial charge >= 0.3 is 0 Å². The monoisotopic (exact) mass is 732 g/mol. The summed E-state index contributed by atoms with van der Waals surface area (Å²) in [7, 11) is 0. The standard InChI is InChI=1S/C18H26I2O2S.C2H6.CH3I/c19-16-8-2-1-3-11(16)4-5-12-13(16)6-9-17(20)14(12)7-10-18(17,22)15(21)23;2*1-2/h11-14,22H,1-10H2,(H,21,23);1-2H3;1H3. The van der Waals surface area contributed by atoms with Crippen LogP contribution in [0.25, 0.3) is 0 Å². The molecule has 0 aromatic carbocycles. The molecule has 6 heteroatoms. The highest BCUT2D eigenvalue weighted by Gasteiger charge is 2.67. The molecule has 0 radical (unpaired) electrons. The fourth-order valence-corrected chi connectivity index (χ4v) is 10.6. The molecule has 0 aromatic rings. The third-order valence-corrected chi connectivity index (χ3v) is 12.6. The Kier molecular flexibility index (Phi) is 9.60. The number of rotatable bonds is 1. The van der Waals surface area contributed by atoms with Gasteiger partial charge < -0.3 is 5.11 Å². The summed E-state index contributed by atoms with van der Waals surface area (Å²) in [5.74, 6) is 2.91. The van der Waals surface area contributed by atoms with E-state index in [1.807, 2.05) is 18.8 Å². The predicted molar refractivity (Wildman–Crippen MR) is 144 cm³/mol. The molecule has 7 atom stereocenters. The number of thiol groups is 1. The van der Waals surface area contributed by atoms with Crippen LogP contribution >= 0.6 is 80.4 Å². The molecule has 0 amide bonds. The van der Waals surface area contributed by atoms with Gasteiger partial charge in [0.25, 0.3) is 0 Å². The van der Waals surface area contributed by atoms with Gasteiger partial charge in [0.1, 0.15) is 5.60 Å². The maximum Gasteiger partial charge on any atom is 0.218 e. The summed E-state index contributed by atoms with van der Waals surface area (Å²) >= 11 is 11.5. The van der Waals surface area contributed by atoms with Crippen molar-refractivity contribution in [2.45, 2.75) is 90.5 Å². The van der Waals surface area contributed by atoms with Crippen LogP contribution in [0, 0.1) is 23.7 Å². The second-order valence-electron chi connectivity index (χ2n) is 8.43. The van der Waals surface area contributed by atoms with Crippen LogP contribution < -0.4 is 0 Å². The Hall–Kier alpha value is 2.17. The first-order chi connectivity index (χ1) is 12.8. The SMILES string of the molecule is CC.CI.O=C(S)C1(O)CCC2C3CCC4CCCCC4(I)C3CCC21I. The van der Waals surface area contributed by atoms with Crippen molar-refractivity contribution in [3.63, 3.8) is 0 Å². The van der Waals surface area contributed by atoms with E-state index in [0.29, 0.717) is 21.7 Å². The highest BCUT2D eigenvalue weighted by molar-refractivity contribution is 14.1. The molecule has 0 aliphatic heterocycles. The zero-order valence-corrected chi connectivity index (χ0v) is 24.2. The zero-order chi connectivity index (χ0) is 20.5. The van der Waals surface area contributed by atoms with E-state index in [1.165, 1.54) is 44.9 Å². The third kappa shape index (κ3) is 4.15. The molecule has 0 bridgehead atoms. The van der Waals surface area contributed by atoms with Crippen LogP contribution in [0.2, 0.25) is 0 Å². The molecule has 4 aliphatic carbocycles. The molecule has 0 heterocycles. The Morgan fingerprint density at radius 1 is 0.926 bits per heavy atom. The van der Waals surface area contributed by atoms with Gasteiger partial charge in [0.05, 0.1) is 3.42 Å². The van der Waals surface area contributed by atoms with Gasteiger partial charge in [-0.3, -0.25) is 4.79 Å². The van der Waals surface area contributed by atoms with Crippen molar-refractivity contribution < 1.29 is 9.90 Å². The Morgan fingerprint density at radius 2 is 1.56 bits per heavy atom. The molecule has 1 N–H and O–H groups in total. The largest absolute Gasteiger partial charge is 0.380 e. The summed E-state index contributed by atoms with van der Waals surface area (Å²) < 4.78 is 0.210. The van der Waals surface area contributed by atoms with Crippen LogP contribution in [-0.4, -0.2) is 27.6 Å². The van der Waals surface area contributed by atoms with Crippen molar-refractivity contribution in [3.05, 3.63) is 0 Å². The van der Waals surface area contributed by atoms with E-state index in [9.17, 15) is 9.90 Å². The lowest BCUT2D eigenvalue weighted by Gasteiger charge is -2.59. The molecule has 0 aromatic heterocycles. The van der Waals surface area contributed by atoms with Gasteiger partial charge in [-0.1, -0.05) is 94.5 Å². The molecule has 0 spiro atoms. The molecule has 4 rings (SSSR count). The van der Waals surface area contributed by atoms with Crippen LogP contribution in [-0.2, 0) is 4.79 Å². The quantitative estimate of drug-likeness (QED) is 0.173. The van der Waals surface area contributed by atoms with E-state index in [1.54, 1.807) is 0 Å². The summed E-state index contributed by atoms with van der Waals surface area (Å²) in [6.07, 6.45) is 12.1. The summed E-state index contributed by atoms with van der Waals surface area (Å²) in [6, 6.07) is 0. The van der Waals surface area contributed by atoms with Crippen LogP contribution in [0.15, 0.2) is 0 Å². The van der Waals surface area contributed by atoms with Gasteiger partial charge in [0.15, 0.2) is 0 Å². The molecule has 27 heavy (non-hydrogen) atoms. The van der Waals surface area contributed by atoms with Crippen LogP contribution in [0.4, 0.5) is 0 Å². The lowest BCUT2D eigenvalue weighted by atomic mass is 9.53. The first-order valence-corrected chi connectivity index (χ1v) is 15.3. The number of alkyl halides is 3. The van der Waals surface area contributed by atoms with Crippen molar-refractivity contribution in [3.8, 4) is 0 Å². The first kappa shape index (κ1) is 25.4. The Balaban J connectivity index is 0.000000614. The molecule has 158 valence electrons. The minimum Gasteiger partial charge on any atom is -0.380 e. The summed E-state index contributed by atoms with van der Waals surface area (Å²) in [6.45, 7) is 4.00. The predicted octanol–water partition coefficient (Wildman–Crippen LogP) is 7.02. The molecule has 7 unspecified atom stereocenters. The topological polar surface area (TPSA) is 37.3 Å². The van der Waals surface area contributed by atoms with E-state index >= 15 is 0 Å². The van der Waals surface area contributed by atoms with E-state index in [4.69, 9.17) is 0 Å². The van der Waals surface area contributed by atoms with Crippen LogP contribution in [0.1, 0.15) is 78.1 Å². The van der Waals surface area contributed by atoms with Gasteiger partial charge in [-0.05, 0) is 80.0 Å². The average molecular weight is 732 g/mol. The van der Waals surface area contributed by atoms with Gasteiger partial charge in [-0.25, -0.2) is 0 Å². The van der Waals surface area contributed by atoms with E-state index < -0.39 is 5.60 Å². The van der Waals surface area contributed by atoms with Gasteiger partial charge in [0.2, 0.25) is 5.12 Å². The lowest BCUT2D eigenvalue weighted by molar-refractivity contribution is -0.131. The number of aliphatic hydroxyl groups is 1. The average Bonchev–Trinajstić information content (AvgIpc) is 2.97. The Morgan fingerprint density at radius 3 is 2.19 bits per heavy atom. The molecular weight excluding hydrogens is 697 g/mol. The number of hydrogen-bond donors (Lipinski definition) is 2. The normalized spacial score (nSPS) is 47.9. The fourth-order valence-electron chi connectivity index (χ4n) is 6.69. The van der Waals surface area contributed by atoms with Crippen molar-refractivity contribution in [2.75, 3.05) is 4.93 Å². The first-order valence-electron chi connectivity index (χ1n) is 10.5. The second-order valence-corrected chi connectivity index (χ2v) is 12.8. The maximum absolute atomic E-state index is 12.1. The molecule has 4 aliphatic rings. The summed E-state index contributed by atoms with van der Waals surface area (Å²) in [4.78, 5) is 14.1. The zero-order valence-electron chi connectivity index (χ0n) is 16.8.